The van der Waals surface area contributed by atoms with Crippen molar-refractivity contribution < 1.29 is 9.53 Å². The van der Waals surface area contributed by atoms with E-state index in [0.29, 0.717) is 18.0 Å². The lowest BCUT2D eigenvalue weighted by atomic mass is 9.93. The van der Waals surface area contributed by atoms with Gasteiger partial charge in [0.25, 0.3) is 0 Å². The predicted molar refractivity (Wildman–Crippen MR) is 100 cm³/mol. The molecule has 0 bridgehead atoms. The average Bonchev–Trinajstić information content (AvgIpc) is 2.99. The molecule has 2 fully saturated rings. The molecule has 6 heteroatoms. The molecule has 134 valence electrons. The van der Waals surface area contributed by atoms with Crippen LogP contribution in [0.25, 0.3) is 0 Å². The molecule has 1 saturated heterocycles. The Balaban J connectivity index is 0.00000208. The number of hydrogen-bond acceptors (Lipinski definition) is 4. The van der Waals surface area contributed by atoms with Crippen molar-refractivity contribution in [2.24, 2.45) is 5.92 Å². The van der Waals surface area contributed by atoms with Gasteiger partial charge in [0.05, 0.1) is 13.2 Å². The van der Waals surface area contributed by atoms with E-state index in [1.807, 2.05) is 13.0 Å². The third-order valence-electron chi connectivity index (χ3n) is 4.94. The van der Waals surface area contributed by atoms with Crippen molar-refractivity contribution in [1.82, 2.24) is 5.32 Å². The van der Waals surface area contributed by atoms with E-state index in [-0.39, 0.29) is 18.3 Å². The first kappa shape index (κ1) is 19.0. The van der Waals surface area contributed by atoms with E-state index in [2.05, 4.69) is 28.1 Å². The minimum Gasteiger partial charge on any atom is -0.382 e. The van der Waals surface area contributed by atoms with Gasteiger partial charge in [-0.3, -0.25) is 4.79 Å². The molecule has 0 radical (unpaired) electrons. The first-order valence-electron chi connectivity index (χ1n) is 8.59. The van der Waals surface area contributed by atoms with Crippen molar-refractivity contribution in [1.29, 1.82) is 0 Å². The van der Waals surface area contributed by atoms with Gasteiger partial charge in [-0.1, -0.05) is 12.5 Å². The molecule has 0 spiro atoms. The molecule has 3 unspecified atom stereocenters. The zero-order valence-electron chi connectivity index (χ0n) is 14.4. The Morgan fingerprint density at radius 1 is 1.33 bits per heavy atom. The molecule has 24 heavy (non-hydrogen) atoms. The zero-order chi connectivity index (χ0) is 16.2. The number of anilines is 2. The molecular formula is C18H28ClN3O2. The van der Waals surface area contributed by atoms with Gasteiger partial charge in [0, 0.05) is 36.9 Å². The number of hydrogen-bond donors (Lipinski definition) is 3. The maximum absolute atomic E-state index is 11.3. The topological polar surface area (TPSA) is 62.4 Å². The van der Waals surface area contributed by atoms with Gasteiger partial charge in [-0.15, -0.1) is 12.4 Å². The van der Waals surface area contributed by atoms with Crippen molar-refractivity contribution in [3.63, 3.8) is 0 Å². The minimum absolute atomic E-state index is 0. The van der Waals surface area contributed by atoms with Crippen LogP contribution in [0.3, 0.4) is 0 Å². The highest BCUT2D eigenvalue weighted by molar-refractivity contribution is 5.90. The summed E-state index contributed by atoms with van der Waals surface area (Å²) in [4.78, 5) is 11.3. The van der Waals surface area contributed by atoms with Gasteiger partial charge in [0.1, 0.15) is 0 Å². The van der Waals surface area contributed by atoms with Crippen LogP contribution in [-0.2, 0) is 9.53 Å². The molecule has 0 aromatic heterocycles. The third kappa shape index (κ3) is 4.62. The summed E-state index contributed by atoms with van der Waals surface area (Å²) < 4.78 is 5.63. The first-order chi connectivity index (χ1) is 11.1. The summed E-state index contributed by atoms with van der Waals surface area (Å²) >= 11 is 0. The van der Waals surface area contributed by atoms with E-state index in [4.69, 9.17) is 4.74 Å². The van der Waals surface area contributed by atoms with Crippen LogP contribution in [0, 0.1) is 12.8 Å². The molecule has 1 heterocycles. The fraction of sp³-hybridized carbons (Fsp3) is 0.611. The van der Waals surface area contributed by atoms with Crippen molar-refractivity contribution in [3.8, 4) is 0 Å². The Morgan fingerprint density at radius 3 is 2.88 bits per heavy atom. The molecule has 1 aromatic rings. The van der Waals surface area contributed by atoms with E-state index < -0.39 is 0 Å². The molecule has 1 amide bonds. The number of nitrogens with one attached hydrogen (secondary N) is 3. The van der Waals surface area contributed by atoms with E-state index >= 15 is 0 Å². The molecular weight excluding hydrogens is 326 g/mol. The van der Waals surface area contributed by atoms with E-state index in [1.165, 1.54) is 19.3 Å². The lowest BCUT2D eigenvalue weighted by Gasteiger charge is -2.33. The number of halogens is 1. The van der Waals surface area contributed by atoms with Gasteiger partial charge in [-0.05, 0) is 43.4 Å². The number of benzene rings is 1. The van der Waals surface area contributed by atoms with Crippen LogP contribution in [0.4, 0.5) is 11.4 Å². The second kappa shape index (κ2) is 8.70. The maximum atomic E-state index is 11.3. The number of amides is 1. The van der Waals surface area contributed by atoms with Crippen molar-refractivity contribution in [2.75, 3.05) is 30.4 Å². The van der Waals surface area contributed by atoms with Crippen LogP contribution in [0.15, 0.2) is 18.2 Å². The van der Waals surface area contributed by atoms with Gasteiger partial charge >= 0.3 is 0 Å². The zero-order valence-corrected chi connectivity index (χ0v) is 15.2. The third-order valence-corrected chi connectivity index (χ3v) is 4.94. The Bertz CT molecular complexity index is 561. The number of aryl methyl sites for hydroxylation is 1. The second-order valence-electron chi connectivity index (χ2n) is 6.69. The van der Waals surface area contributed by atoms with Crippen LogP contribution in [0.1, 0.15) is 31.7 Å². The summed E-state index contributed by atoms with van der Waals surface area (Å²) in [6.45, 7) is 6.14. The number of carbonyl (C=O) groups excluding carboxylic acids is 1. The number of morpholine rings is 1. The maximum Gasteiger partial charge on any atom is 0.221 e. The van der Waals surface area contributed by atoms with Gasteiger partial charge in [0.15, 0.2) is 0 Å². The molecule has 2 aliphatic rings. The smallest absolute Gasteiger partial charge is 0.221 e. The van der Waals surface area contributed by atoms with Gasteiger partial charge in [-0.2, -0.15) is 0 Å². The Labute approximate surface area is 150 Å². The minimum atomic E-state index is -0.0347. The summed E-state index contributed by atoms with van der Waals surface area (Å²) in [5.41, 5.74) is 3.04. The number of rotatable bonds is 4. The molecule has 3 N–H and O–H groups in total. The fourth-order valence-electron chi connectivity index (χ4n) is 3.76. The second-order valence-corrected chi connectivity index (χ2v) is 6.69. The van der Waals surface area contributed by atoms with Crippen molar-refractivity contribution >= 4 is 29.7 Å². The summed E-state index contributed by atoms with van der Waals surface area (Å²) in [6, 6.07) is 7.10. The van der Waals surface area contributed by atoms with E-state index in [1.54, 1.807) is 6.92 Å². The first-order valence-corrected chi connectivity index (χ1v) is 8.59. The Morgan fingerprint density at radius 2 is 2.17 bits per heavy atom. The summed E-state index contributed by atoms with van der Waals surface area (Å²) in [6.07, 6.45) is 3.68. The Kier molecular flexibility index (Phi) is 6.90. The van der Waals surface area contributed by atoms with E-state index in [0.717, 1.165) is 36.7 Å². The molecule has 1 aliphatic carbocycles. The van der Waals surface area contributed by atoms with E-state index in [9.17, 15) is 4.79 Å². The normalized spacial score (nSPS) is 26.5. The molecule has 1 aliphatic heterocycles. The highest BCUT2D eigenvalue weighted by atomic mass is 35.5. The Hall–Kier alpha value is -1.30. The van der Waals surface area contributed by atoms with Crippen LogP contribution >= 0.6 is 12.4 Å². The van der Waals surface area contributed by atoms with Crippen LogP contribution < -0.4 is 16.0 Å². The van der Waals surface area contributed by atoms with Crippen LogP contribution in [-0.4, -0.2) is 37.7 Å². The average molecular weight is 354 g/mol. The molecule has 1 aromatic carbocycles. The SMILES string of the molecule is CC(=O)Nc1cc(NC2CCCC2C2COCCN2)ccc1C.Cl. The number of ether oxygens (including phenoxy) is 1. The largest absolute Gasteiger partial charge is 0.382 e. The summed E-state index contributed by atoms with van der Waals surface area (Å²) in [7, 11) is 0. The number of carbonyl (C=O) groups is 1. The quantitative estimate of drug-likeness (QED) is 0.778. The van der Waals surface area contributed by atoms with Crippen molar-refractivity contribution in [2.45, 2.75) is 45.2 Å². The highest BCUT2D eigenvalue weighted by Crippen LogP contribution is 2.32. The molecule has 3 atom stereocenters. The lowest BCUT2D eigenvalue weighted by Crippen LogP contribution is -2.49. The lowest BCUT2D eigenvalue weighted by molar-refractivity contribution is -0.114. The monoisotopic (exact) mass is 353 g/mol. The summed E-state index contributed by atoms with van der Waals surface area (Å²) in [5.74, 6) is 0.563. The molecule has 1 saturated carbocycles. The van der Waals surface area contributed by atoms with Crippen LogP contribution in [0.2, 0.25) is 0 Å². The molecule has 3 rings (SSSR count). The van der Waals surface area contributed by atoms with Crippen LogP contribution in [0.5, 0.6) is 0 Å². The van der Waals surface area contributed by atoms with Gasteiger partial charge < -0.3 is 20.7 Å². The molecule has 5 nitrogen and oxygen atoms in total. The predicted octanol–water partition coefficient (Wildman–Crippen LogP) is 2.94. The van der Waals surface area contributed by atoms with Gasteiger partial charge in [-0.25, -0.2) is 0 Å². The van der Waals surface area contributed by atoms with Crippen molar-refractivity contribution in [3.05, 3.63) is 23.8 Å². The fourth-order valence-corrected chi connectivity index (χ4v) is 3.76. The standard InChI is InChI=1S/C18H27N3O2.ClH/c1-12-6-7-14(10-17(12)20-13(2)22)21-16-5-3-4-15(16)18-11-23-9-8-19-18;/h6-7,10,15-16,18-19,21H,3-5,8-9,11H2,1-2H3,(H,20,22);1H. The highest BCUT2D eigenvalue weighted by Gasteiger charge is 2.34. The van der Waals surface area contributed by atoms with Gasteiger partial charge in [0.2, 0.25) is 5.91 Å². The summed E-state index contributed by atoms with van der Waals surface area (Å²) in [5, 5.41) is 10.2.